The van der Waals surface area contributed by atoms with Gasteiger partial charge < -0.3 is 10.2 Å². The molecule has 2 heterocycles. The molecule has 3 aromatic rings. The van der Waals surface area contributed by atoms with Crippen molar-refractivity contribution in [3.8, 4) is 10.6 Å². The molecular formula is C23H23N3O2S. The number of anilines is 1. The summed E-state index contributed by atoms with van der Waals surface area (Å²) in [5.74, 6) is -0.193. The van der Waals surface area contributed by atoms with Gasteiger partial charge in [-0.05, 0) is 49.2 Å². The number of aromatic nitrogens is 1. The van der Waals surface area contributed by atoms with Gasteiger partial charge in [-0.2, -0.15) is 0 Å². The molecule has 5 rings (SSSR count). The fraction of sp³-hybridized carbons (Fsp3) is 0.348. The van der Waals surface area contributed by atoms with Gasteiger partial charge >= 0.3 is 0 Å². The molecule has 148 valence electrons. The zero-order valence-electron chi connectivity index (χ0n) is 16.1. The fourth-order valence-electron chi connectivity index (χ4n) is 4.41. The van der Waals surface area contributed by atoms with Gasteiger partial charge in [0.2, 0.25) is 11.8 Å². The van der Waals surface area contributed by atoms with Crippen LogP contribution in [-0.4, -0.2) is 34.3 Å². The van der Waals surface area contributed by atoms with Crippen LogP contribution in [0.2, 0.25) is 0 Å². The third-order valence-electron chi connectivity index (χ3n) is 5.99. The van der Waals surface area contributed by atoms with Crippen molar-refractivity contribution in [3.05, 3.63) is 48.5 Å². The number of likely N-dealkylation sites (tertiary alicyclic amines) is 1. The summed E-state index contributed by atoms with van der Waals surface area (Å²) in [6.07, 6.45) is 4.85. The van der Waals surface area contributed by atoms with Gasteiger partial charge in [0.15, 0.2) is 0 Å². The number of carbonyl (C=O) groups is 2. The second-order valence-corrected chi connectivity index (χ2v) is 8.97. The van der Waals surface area contributed by atoms with Crippen molar-refractivity contribution in [2.45, 2.75) is 38.1 Å². The lowest BCUT2D eigenvalue weighted by Gasteiger charge is -2.23. The zero-order chi connectivity index (χ0) is 19.8. The summed E-state index contributed by atoms with van der Waals surface area (Å²) in [6.45, 7) is 0.555. The molecule has 1 aromatic heterocycles. The molecule has 1 aliphatic carbocycles. The standard InChI is InChI=1S/C23H23N3O2S/c27-21-13-16(14-26(21)18-5-1-2-6-18)22(28)24-17-11-9-15(10-12-17)23-25-19-7-3-4-8-20(19)29-23/h3-4,7-12,16,18H,1-2,5-6,13-14H2,(H,24,28)/t16-/m1/s1. The van der Waals surface area contributed by atoms with Gasteiger partial charge in [0, 0.05) is 30.3 Å². The Morgan fingerprint density at radius 2 is 1.83 bits per heavy atom. The van der Waals surface area contributed by atoms with E-state index in [2.05, 4.69) is 16.4 Å². The Hall–Kier alpha value is -2.73. The quantitative estimate of drug-likeness (QED) is 0.685. The second-order valence-electron chi connectivity index (χ2n) is 7.94. The van der Waals surface area contributed by atoms with E-state index in [0.29, 0.717) is 19.0 Å². The van der Waals surface area contributed by atoms with Crippen LogP contribution >= 0.6 is 11.3 Å². The second kappa shape index (κ2) is 7.59. The van der Waals surface area contributed by atoms with Crippen LogP contribution in [0.25, 0.3) is 20.8 Å². The molecule has 5 nitrogen and oxygen atoms in total. The summed E-state index contributed by atoms with van der Waals surface area (Å²) in [6, 6.07) is 16.2. The molecule has 0 radical (unpaired) electrons. The molecular weight excluding hydrogens is 382 g/mol. The highest BCUT2D eigenvalue weighted by atomic mass is 32.1. The lowest BCUT2D eigenvalue weighted by atomic mass is 10.1. The first-order valence-corrected chi connectivity index (χ1v) is 11.1. The van der Waals surface area contributed by atoms with Crippen molar-refractivity contribution in [1.82, 2.24) is 9.88 Å². The molecule has 1 N–H and O–H groups in total. The molecule has 2 amide bonds. The van der Waals surface area contributed by atoms with Gasteiger partial charge in [-0.15, -0.1) is 11.3 Å². The van der Waals surface area contributed by atoms with Crippen molar-refractivity contribution in [3.63, 3.8) is 0 Å². The van der Waals surface area contributed by atoms with Gasteiger partial charge in [-0.1, -0.05) is 25.0 Å². The van der Waals surface area contributed by atoms with Gasteiger partial charge in [0.1, 0.15) is 5.01 Å². The van der Waals surface area contributed by atoms with E-state index in [0.717, 1.165) is 39.3 Å². The molecule has 2 aliphatic rings. The highest BCUT2D eigenvalue weighted by Crippen LogP contribution is 2.32. The molecule has 29 heavy (non-hydrogen) atoms. The number of fused-ring (bicyclic) bond motifs is 1. The maximum Gasteiger partial charge on any atom is 0.229 e. The smallest absolute Gasteiger partial charge is 0.229 e. The minimum atomic E-state index is -0.257. The van der Waals surface area contributed by atoms with Crippen LogP contribution in [0.5, 0.6) is 0 Å². The molecule has 0 spiro atoms. The molecule has 1 atom stereocenters. The van der Waals surface area contributed by atoms with E-state index >= 15 is 0 Å². The molecule has 6 heteroatoms. The summed E-state index contributed by atoms with van der Waals surface area (Å²) in [4.78, 5) is 31.7. The molecule has 2 aromatic carbocycles. The van der Waals surface area contributed by atoms with E-state index < -0.39 is 0 Å². The SMILES string of the molecule is O=C(Nc1ccc(-c2nc3ccccc3s2)cc1)[C@@H]1CC(=O)N(C2CCCC2)C1. The number of hydrogen-bond donors (Lipinski definition) is 1. The minimum absolute atomic E-state index is 0.0633. The number of amides is 2. The van der Waals surface area contributed by atoms with E-state index in [1.807, 2.05) is 47.4 Å². The lowest BCUT2D eigenvalue weighted by Crippen LogP contribution is -2.35. The Balaban J connectivity index is 1.25. The number of rotatable bonds is 4. The van der Waals surface area contributed by atoms with Crippen molar-refractivity contribution in [2.24, 2.45) is 5.92 Å². The summed E-state index contributed by atoms with van der Waals surface area (Å²) in [7, 11) is 0. The van der Waals surface area contributed by atoms with Crippen molar-refractivity contribution >= 4 is 39.1 Å². The summed E-state index contributed by atoms with van der Waals surface area (Å²) >= 11 is 1.66. The third-order valence-corrected chi connectivity index (χ3v) is 7.07. The zero-order valence-corrected chi connectivity index (χ0v) is 17.0. The minimum Gasteiger partial charge on any atom is -0.339 e. The highest BCUT2D eigenvalue weighted by molar-refractivity contribution is 7.21. The Morgan fingerprint density at radius 1 is 1.07 bits per heavy atom. The van der Waals surface area contributed by atoms with Gasteiger partial charge in [-0.3, -0.25) is 9.59 Å². The predicted octanol–water partition coefficient (Wildman–Crippen LogP) is 4.69. The summed E-state index contributed by atoms with van der Waals surface area (Å²) in [5, 5.41) is 3.96. The maximum atomic E-state index is 12.7. The van der Waals surface area contributed by atoms with E-state index in [4.69, 9.17) is 0 Å². The molecule has 0 unspecified atom stereocenters. The Bertz CT molecular complexity index is 1020. The van der Waals surface area contributed by atoms with Crippen LogP contribution in [0, 0.1) is 5.92 Å². The van der Waals surface area contributed by atoms with E-state index in [9.17, 15) is 9.59 Å². The summed E-state index contributed by atoms with van der Waals surface area (Å²) in [5.41, 5.74) is 2.79. The van der Waals surface area contributed by atoms with E-state index in [1.165, 1.54) is 12.8 Å². The first-order valence-electron chi connectivity index (χ1n) is 10.2. The third kappa shape index (κ3) is 3.65. The average molecular weight is 406 g/mol. The first kappa shape index (κ1) is 18.3. The van der Waals surface area contributed by atoms with Crippen LogP contribution < -0.4 is 5.32 Å². The number of nitrogens with one attached hydrogen (secondary N) is 1. The number of nitrogens with zero attached hydrogens (tertiary/aromatic N) is 2. The molecule has 1 saturated heterocycles. The van der Waals surface area contributed by atoms with Gasteiger partial charge in [-0.25, -0.2) is 4.98 Å². The number of carbonyl (C=O) groups excluding carboxylic acids is 2. The average Bonchev–Trinajstić information content (AvgIpc) is 3.47. The van der Waals surface area contributed by atoms with Crippen LogP contribution in [0.4, 0.5) is 5.69 Å². The van der Waals surface area contributed by atoms with Gasteiger partial charge in [0.05, 0.1) is 16.1 Å². The highest BCUT2D eigenvalue weighted by Gasteiger charge is 2.38. The van der Waals surface area contributed by atoms with Crippen LogP contribution in [-0.2, 0) is 9.59 Å². The number of para-hydroxylation sites is 1. The Labute approximate surface area is 173 Å². The Morgan fingerprint density at radius 3 is 2.59 bits per heavy atom. The van der Waals surface area contributed by atoms with Crippen molar-refractivity contribution < 1.29 is 9.59 Å². The van der Waals surface area contributed by atoms with Crippen molar-refractivity contribution in [2.75, 3.05) is 11.9 Å². The molecule has 0 bridgehead atoms. The van der Waals surface area contributed by atoms with E-state index in [1.54, 1.807) is 11.3 Å². The normalized spacial score (nSPS) is 19.9. The Kier molecular flexibility index (Phi) is 4.79. The van der Waals surface area contributed by atoms with Crippen LogP contribution in [0.1, 0.15) is 32.1 Å². The van der Waals surface area contributed by atoms with E-state index in [-0.39, 0.29) is 17.7 Å². The number of benzene rings is 2. The number of thiazole rings is 1. The largest absolute Gasteiger partial charge is 0.339 e. The maximum absolute atomic E-state index is 12.7. The van der Waals surface area contributed by atoms with Crippen LogP contribution in [0.3, 0.4) is 0 Å². The number of hydrogen-bond acceptors (Lipinski definition) is 4. The van der Waals surface area contributed by atoms with Crippen molar-refractivity contribution in [1.29, 1.82) is 0 Å². The van der Waals surface area contributed by atoms with Crippen LogP contribution in [0.15, 0.2) is 48.5 Å². The molecule has 1 saturated carbocycles. The molecule has 2 fully saturated rings. The van der Waals surface area contributed by atoms with Gasteiger partial charge in [0.25, 0.3) is 0 Å². The first-order chi connectivity index (χ1) is 14.2. The topological polar surface area (TPSA) is 62.3 Å². The molecule has 1 aliphatic heterocycles. The monoisotopic (exact) mass is 405 g/mol. The fourth-order valence-corrected chi connectivity index (χ4v) is 5.38. The lowest BCUT2D eigenvalue weighted by molar-refractivity contribution is -0.129. The summed E-state index contributed by atoms with van der Waals surface area (Å²) < 4.78 is 1.16. The predicted molar refractivity (Wildman–Crippen MR) is 116 cm³/mol.